The van der Waals surface area contributed by atoms with Gasteiger partial charge in [0.15, 0.2) is 5.82 Å². The Morgan fingerprint density at radius 2 is 2.00 bits per heavy atom. The lowest BCUT2D eigenvalue weighted by Gasteiger charge is -2.11. The van der Waals surface area contributed by atoms with Gasteiger partial charge in [-0.15, -0.1) is 0 Å². The number of halogens is 1. The van der Waals surface area contributed by atoms with Gasteiger partial charge < -0.3 is 4.74 Å². The Balaban J connectivity index is 2.40. The zero-order chi connectivity index (χ0) is 14.8. The van der Waals surface area contributed by atoms with E-state index in [0.29, 0.717) is 4.60 Å². The fraction of sp³-hybridized carbons (Fsp3) is 0.167. The number of methoxy groups -OCH3 is 1. The van der Waals surface area contributed by atoms with Gasteiger partial charge in [-0.05, 0) is 40.5 Å². The van der Waals surface area contributed by atoms with E-state index in [4.69, 9.17) is 4.74 Å². The van der Waals surface area contributed by atoms with Gasteiger partial charge in [-0.3, -0.25) is 4.72 Å². The fourth-order valence-corrected chi connectivity index (χ4v) is 3.00. The topological polar surface area (TPSA) is 81.2 Å². The number of hydrogen-bond donors (Lipinski definition) is 1. The molecule has 0 spiro atoms. The predicted molar refractivity (Wildman–Crippen MR) is 78.3 cm³/mol. The summed E-state index contributed by atoms with van der Waals surface area (Å²) in [5.41, 5.74) is 0.813. The van der Waals surface area contributed by atoms with Crippen molar-refractivity contribution in [2.75, 3.05) is 11.8 Å². The standard InChI is InChI=1S/C12H12BrN3O3S/c1-8-3-4-9(19-2)10(5-8)20(17,18)16-12-7-14-11(13)6-15-12/h3-7H,1-2H3,(H,15,16). The van der Waals surface area contributed by atoms with E-state index < -0.39 is 10.0 Å². The highest BCUT2D eigenvalue weighted by atomic mass is 79.9. The minimum atomic E-state index is -3.78. The number of sulfonamides is 1. The molecule has 1 aromatic heterocycles. The second-order valence-electron chi connectivity index (χ2n) is 3.98. The van der Waals surface area contributed by atoms with Gasteiger partial charge in [0, 0.05) is 0 Å². The first-order valence-electron chi connectivity index (χ1n) is 5.57. The van der Waals surface area contributed by atoms with Crippen LogP contribution in [0.25, 0.3) is 0 Å². The minimum absolute atomic E-state index is 0.0599. The normalized spacial score (nSPS) is 11.2. The lowest BCUT2D eigenvalue weighted by atomic mass is 10.2. The SMILES string of the molecule is COc1ccc(C)cc1S(=O)(=O)Nc1cnc(Br)cn1. The molecule has 20 heavy (non-hydrogen) atoms. The molecule has 0 amide bonds. The summed E-state index contributed by atoms with van der Waals surface area (Å²) in [4.78, 5) is 7.90. The molecule has 2 aromatic rings. The van der Waals surface area contributed by atoms with Gasteiger partial charge in [0.25, 0.3) is 10.0 Å². The van der Waals surface area contributed by atoms with Crippen LogP contribution >= 0.6 is 15.9 Å². The highest BCUT2D eigenvalue weighted by Gasteiger charge is 2.20. The van der Waals surface area contributed by atoms with Gasteiger partial charge in [0.05, 0.1) is 19.5 Å². The van der Waals surface area contributed by atoms with Gasteiger partial charge in [-0.25, -0.2) is 18.4 Å². The maximum atomic E-state index is 12.3. The third-order valence-electron chi connectivity index (χ3n) is 2.47. The van der Waals surface area contributed by atoms with Crippen LogP contribution in [0.2, 0.25) is 0 Å². The van der Waals surface area contributed by atoms with Gasteiger partial charge in [0.1, 0.15) is 15.2 Å². The fourth-order valence-electron chi connectivity index (χ4n) is 1.55. The Morgan fingerprint density at radius 1 is 1.25 bits per heavy atom. The van der Waals surface area contributed by atoms with Crippen molar-refractivity contribution < 1.29 is 13.2 Å². The van der Waals surface area contributed by atoms with Crippen molar-refractivity contribution in [3.05, 3.63) is 40.8 Å². The first-order valence-corrected chi connectivity index (χ1v) is 7.85. The van der Waals surface area contributed by atoms with E-state index in [9.17, 15) is 8.42 Å². The molecule has 0 unspecified atom stereocenters. The number of nitrogens with one attached hydrogen (secondary N) is 1. The molecular weight excluding hydrogens is 346 g/mol. The average Bonchev–Trinajstić information content (AvgIpc) is 2.41. The van der Waals surface area contributed by atoms with Gasteiger partial charge in [-0.1, -0.05) is 6.07 Å². The lowest BCUT2D eigenvalue weighted by Crippen LogP contribution is -2.15. The molecule has 106 valence electrons. The molecule has 0 radical (unpaired) electrons. The van der Waals surface area contributed by atoms with Crippen LogP contribution in [-0.4, -0.2) is 25.5 Å². The Morgan fingerprint density at radius 3 is 2.60 bits per heavy atom. The maximum absolute atomic E-state index is 12.3. The number of rotatable bonds is 4. The number of hydrogen-bond acceptors (Lipinski definition) is 5. The molecule has 0 aliphatic rings. The molecular formula is C12H12BrN3O3S. The third-order valence-corrected chi connectivity index (χ3v) is 4.25. The molecule has 1 aromatic carbocycles. The molecule has 0 aliphatic heterocycles. The summed E-state index contributed by atoms with van der Waals surface area (Å²) in [6.07, 6.45) is 2.73. The summed E-state index contributed by atoms with van der Waals surface area (Å²) in [6, 6.07) is 4.92. The average molecular weight is 358 g/mol. The molecule has 0 bridgehead atoms. The smallest absolute Gasteiger partial charge is 0.266 e. The largest absolute Gasteiger partial charge is 0.495 e. The second-order valence-corrected chi connectivity index (χ2v) is 6.45. The van der Waals surface area contributed by atoms with Crippen LogP contribution in [-0.2, 0) is 10.0 Å². The van der Waals surface area contributed by atoms with Crippen LogP contribution in [0, 0.1) is 6.92 Å². The number of benzene rings is 1. The summed E-state index contributed by atoms with van der Waals surface area (Å²) >= 11 is 3.13. The molecule has 0 atom stereocenters. The molecule has 0 fully saturated rings. The minimum Gasteiger partial charge on any atom is -0.495 e. The zero-order valence-corrected chi connectivity index (χ0v) is 13.2. The molecule has 6 nitrogen and oxygen atoms in total. The number of aryl methyl sites for hydroxylation is 1. The van der Waals surface area contributed by atoms with Crippen molar-refractivity contribution in [2.45, 2.75) is 11.8 Å². The van der Waals surface area contributed by atoms with Crippen LogP contribution in [0.1, 0.15) is 5.56 Å². The first kappa shape index (κ1) is 14.7. The molecule has 2 rings (SSSR count). The quantitative estimate of drug-likeness (QED) is 0.908. The first-order chi connectivity index (χ1) is 9.42. The molecule has 0 saturated heterocycles. The maximum Gasteiger partial charge on any atom is 0.266 e. The Bertz CT molecular complexity index is 717. The Kier molecular flexibility index (Phi) is 4.24. The van der Waals surface area contributed by atoms with E-state index in [1.54, 1.807) is 19.1 Å². The van der Waals surface area contributed by atoms with Crippen molar-refractivity contribution in [1.29, 1.82) is 0 Å². The van der Waals surface area contributed by atoms with Crippen LogP contribution in [0.15, 0.2) is 40.1 Å². The highest BCUT2D eigenvalue weighted by Crippen LogP contribution is 2.26. The van der Waals surface area contributed by atoms with Crippen molar-refractivity contribution in [1.82, 2.24) is 9.97 Å². The van der Waals surface area contributed by atoms with E-state index >= 15 is 0 Å². The summed E-state index contributed by atoms with van der Waals surface area (Å²) in [6.45, 7) is 1.80. The Labute approximate surface area is 125 Å². The Hall–Kier alpha value is -1.67. The zero-order valence-electron chi connectivity index (χ0n) is 10.8. The summed E-state index contributed by atoms with van der Waals surface area (Å²) in [5.74, 6) is 0.407. The molecule has 8 heteroatoms. The van der Waals surface area contributed by atoms with Crippen LogP contribution in [0.4, 0.5) is 5.82 Å². The van der Waals surface area contributed by atoms with Crippen LogP contribution in [0.5, 0.6) is 5.75 Å². The predicted octanol–water partition coefficient (Wildman–Crippen LogP) is 2.36. The molecule has 0 aliphatic carbocycles. The molecule has 1 N–H and O–H groups in total. The molecule has 0 saturated carbocycles. The number of anilines is 1. The second kappa shape index (κ2) is 5.76. The van der Waals surface area contributed by atoms with E-state index in [-0.39, 0.29) is 16.5 Å². The number of ether oxygens (including phenoxy) is 1. The van der Waals surface area contributed by atoms with Crippen molar-refractivity contribution in [2.24, 2.45) is 0 Å². The monoisotopic (exact) mass is 357 g/mol. The van der Waals surface area contributed by atoms with Gasteiger partial charge >= 0.3 is 0 Å². The van der Waals surface area contributed by atoms with E-state index in [2.05, 4.69) is 30.6 Å². The van der Waals surface area contributed by atoms with Gasteiger partial charge in [0.2, 0.25) is 0 Å². The number of aromatic nitrogens is 2. The van der Waals surface area contributed by atoms with Crippen molar-refractivity contribution in [3.8, 4) is 5.75 Å². The molecule has 1 heterocycles. The highest BCUT2D eigenvalue weighted by molar-refractivity contribution is 9.10. The van der Waals surface area contributed by atoms with Crippen molar-refractivity contribution in [3.63, 3.8) is 0 Å². The van der Waals surface area contributed by atoms with E-state index in [1.165, 1.54) is 25.6 Å². The van der Waals surface area contributed by atoms with Gasteiger partial charge in [-0.2, -0.15) is 0 Å². The van der Waals surface area contributed by atoms with E-state index in [1.807, 2.05) is 0 Å². The summed E-state index contributed by atoms with van der Waals surface area (Å²) in [5, 5.41) is 0. The van der Waals surface area contributed by atoms with E-state index in [0.717, 1.165) is 5.56 Å². The van der Waals surface area contributed by atoms with Crippen LogP contribution < -0.4 is 9.46 Å². The van der Waals surface area contributed by atoms with Crippen molar-refractivity contribution >= 4 is 31.8 Å². The lowest BCUT2D eigenvalue weighted by molar-refractivity contribution is 0.402. The summed E-state index contributed by atoms with van der Waals surface area (Å²) in [7, 11) is -2.36. The van der Waals surface area contributed by atoms with Crippen LogP contribution in [0.3, 0.4) is 0 Å². The third kappa shape index (κ3) is 3.26. The number of nitrogens with zero attached hydrogens (tertiary/aromatic N) is 2. The summed E-state index contributed by atoms with van der Waals surface area (Å²) < 4.78 is 32.7.